The maximum absolute atomic E-state index is 13.6. The molecule has 0 radical (unpaired) electrons. The molecule has 2 aromatic carbocycles. The van der Waals surface area contributed by atoms with Gasteiger partial charge in [0.25, 0.3) is 0 Å². The maximum atomic E-state index is 13.6. The van der Waals surface area contributed by atoms with Gasteiger partial charge in [-0.2, -0.15) is 13.2 Å². The maximum Gasteiger partial charge on any atom is 0.416 e. The monoisotopic (exact) mass is 418 g/mol. The fourth-order valence-corrected chi connectivity index (χ4v) is 3.61. The molecule has 0 unspecified atom stereocenters. The molecule has 1 aromatic heterocycles. The number of rotatable bonds is 8. The van der Waals surface area contributed by atoms with E-state index in [1.54, 1.807) is 12.1 Å². The van der Waals surface area contributed by atoms with Crippen molar-refractivity contribution in [1.29, 1.82) is 0 Å². The summed E-state index contributed by atoms with van der Waals surface area (Å²) in [6.07, 6.45) is -2.47. The van der Waals surface area contributed by atoms with Gasteiger partial charge in [0.1, 0.15) is 5.82 Å². The number of halogens is 4. The van der Waals surface area contributed by atoms with Gasteiger partial charge < -0.3 is 4.57 Å². The minimum Gasteiger partial charge on any atom is -0.346 e. The molecule has 0 aliphatic rings. The van der Waals surface area contributed by atoms with E-state index in [0.717, 1.165) is 23.9 Å². The standard InChI is InChI=1S/C24H26F4N2/c1-18(2)14-29(15-20-7-4-9-22(25)13-20)17-23-10-5-11-30(23)16-19-6-3-8-21(12-19)24(26,27)28/h3-13,18H,14-17H2,1-2H3. The highest BCUT2D eigenvalue weighted by molar-refractivity contribution is 5.26. The third-order valence-corrected chi connectivity index (χ3v) is 4.83. The number of aromatic nitrogens is 1. The van der Waals surface area contributed by atoms with Crippen LogP contribution < -0.4 is 0 Å². The van der Waals surface area contributed by atoms with E-state index in [1.807, 2.05) is 29.0 Å². The van der Waals surface area contributed by atoms with Crippen molar-refractivity contribution < 1.29 is 17.6 Å². The van der Waals surface area contributed by atoms with Gasteiger partial charge in [-0.1, -0.05) is 38.1 Å². The lowest BCUT2D eigenvalue weighted by atomic mass is 10.1. The lowest BCUT2D eigenvalue weighted by Gasteiger charge is -2.25. The molecule has 3 rings (SSSR count). The van der Waals surface area contributed by atoms with Crippen LogP contribution in [0.2, 0.25) is 0 Å². The van der Waals surface area contributed by atoms with E-state index in [1.165, 1.54) is 24.3 Å². The molecular formula is C24H26F4N2. The summed E-state index contributed by atoms with van der Waals surface area (Å²) in [5.41, 5.74) is 1.86. The Kier molecular flexibility index (Phi) is 6.98. The van der Waals surface area contributed by atoms with E-state index in [9.17, 15) is 17.6 Å². The summed E-state index contributed by atoms with van der Waals surface area (Å²) < 4.78 is 54.6. The van der Waals surface area contributed by atoms with Gasteiger partial charge >= 0.3 is 6.18 Å². The number of nitrogens with zero attached hydrogens (tertiary/aromatic N) is 2. The molecule has 0 atom stereocenters. The van der Waals surface area contributed by atoms with Gasteiger partial charge in [-0.3, -0.25) is 4.90 Å². The summed E-state index contributed by atoms with van der Waals surface area (Å²) in [5, 5.41) is 0. The molecule has 0 spiro atoms. The third kappa shape index (κ3) is 6.20. The number of hydrogen-bond donors (Lipinski definition) is 0. The molecule has 0 aliphatic heterocycles. The van der Waals surface area contributed by atoms with Crippen LogP contribution in [0.3, 0.4) is 0 Å². The Morgan fingerprint density at radius 1 is 0.900 bits per heavy atom. The first-order valence-electron chi connectivity index (χ1n) is 9.97. The first-order chi connectivity index (χ1) is 14.2. The van der Waals surface area contributed by atoms with Crippen molar-refractivity contribution in [3.63, 3.8) is 0 Å². The van der Waals surface area contributed by atoms with Crippen LogP contribution in [0.15, 0.2) is 66.9 Å². The minimum atomic E-state index is -4.35. The Bertz CT molecular complexity index is 960. The summed E-state index contributed by atoms with van der Waals surface area (Å²) in [4.78, 5) is 2.23. The van der Waals surface area contributed by atoms with E-state index >= 15 is 0 Å². The van der Waals surface area contributed by atoms with E-state index in [2.05, 4.69) is 18.7 Å². The first-order valence-corrected chi connectivity index (χ1v) is 9.97. The van der Waals surface area contributed by atoms with Crippen LogP contribution in [0.25, 0.3) is 0 Å². The van der Waals surface area contributed by atoms with E-state index in [-0.39, 0.29) is 5.82 Å². The topological polar surface area (TPSA) is 8.17 Å². The van der Waals surface area contributed by atoms with E-state index in [4.69, 9.17) is 0 Å². The molecule has 6 heteroatoms. The average Bonchev–Trinajstić information content (AvgIpc) is 3.07. The first kappa shape index (κ1) is 22.1. The molecule has 0 saturated heterocycles. The van der Waals surface area contributed by atoms with Crippen molar-refractivity contribution in [1.82, 2.24) is 9.47 Å². The zero-order chi connectivity index (χ0) is 21.7. The van der Waals surface area contributed by atoms with Gasteiger partial charge in [0, 0.05) is 38.1 Å². The van der Waals surface area contributed by atoms with E-state index in [0.29, 0.717) is 31.1 Å². The third-order valence-electron chi connectivity index (χ3n) is 4.83. The second-order valence-corrected chi connectivity index (χ2v) is 8.02. The lowest BCUT2D eigenvalue weighted by Crippen LogP contribution is -2.28. The molecule has 3 aromatic rings. The highest BCUT2D eigenvalue weighted by Crippen LogP contribution is 2.29. The molecule has 0 saturated carbocycles. The normalized spacial score (nSPS) is 12.1. The van der Waals surface area contributed by atoms with Gasteiger partial charge in [0.15, 0.2) is 0 Å². The van der Waals surface area contributed by atoms with Crippen LogP contribution in [0.5, 0.6) is 0 Å². The zero-order valence-corrected chi connectivity index (χ0v) is 17.2. The number of alkyl halides is 3. The molecular weight excluding hydrogens is 392 g/mol. The number of hydrogen-bond acceptors (Lipinski definition) is 1. The Labute approximate surface area is 174 Å². The fraction of sp³-hybridized carbons (Fsp3) is 0.333. The molecule has 160 valence electrons. The van der Waals surface area contributed by atoms with E-state index < -0.39 is 11.7 Å². The largest absolute Gasteiger partial charge is 0.416 e. The van der Waals surface area contributed by atoms with Crippen LogP contribution in [0, 0.1) is 11.7 Å². The van der Waals surface area contributed by atoms with Gasteiger partial charge in [-0.15, -0.1) is 0 Å². The minimum absolute atomic E-state index is 0.259. The highest BCUT2D eigenvalue weighted by Gasteiger charge is 2.30. The SMILES string of the molecule is CC(C)CN(Cc1cccc(F)c1)Cc1cccn1Cc1cccc(C(F)(F)F)c1. The summed E-state index contributed by atoms with van der Waals surface area (Å²) in [6, 6.07) is 15.9. The molecule has 30 heavy (non-hydrogen) atoms. The van der Waals surface area contributed by atoms with Gasteiger partial charge in [-0.05, 0) is 53.4 Å². The molecule has 0 aliphatic carbocycles. The molecule has 0 N–H and O–H groups in total. The smallest absolute Gasteiger partial charge is 0.346 e. The van der Waals surface area contributed by atoms with Crippen molar-refractivity contribution in [2.75, 3.05) is 6.54 Å². The van der Waals surface area contributed by atoms with Crippen molar-refractivity contribution in [2.45, 2.75) is 39.7 Å². The Hall–Kier alpha value is -2.60. The fourth-order valence-electron chi connectivity index (χ4n) is 3.61. The van der Waals surface area contributed by atoms with Gasteiger partial charge in [-0.25, -0.2) is 4.39 Å². The predicted octanol–water partition coefficient (Wildman–Crippen LogP) is 6.35. The van der Waals surface area contributed by atoms with Crippen molar-refractivity contribution in [3.05, 3.63) is 95.1 Å². The summed E-state index contributed by atoms with van der Waals surface area (Å²) >= 11 is 0. The molecule has 2 nitrogen and oxygen atoms in total. The van der Waals surface area contributed by atoms with Crippen LogP contribution in [0.1, 0.15) is 36.2 Å². The predicted molar refractivity (Wildman–Crippen MR) is 110 cm³/mol. The average molecular weight is 418 g/mol. The highest BCUT2D eigenvalue weighted by atomic mass is 19.4. The Morgan fingerprint density at radius 3 is 2.33 bits per heavy atom. The van der Waals surface area contributed by atoms with Crippen LogP contribution in [-0.4, -0.2) is 16.0 Å². The van der Waals surface area contributed by atoms with Gasteiger partial charge in [0.05, 0.1) is 5.56 Å². The second-order valence-electron chi connectivity index (χ2n) is 8.02. The van der Waals surface area contributed by atoms with Gasteiger partial charge in [0.2, 0.25) is 0 Å². The molecule has 1 heterocycles. The Balaban J connectivity index is 1.77. The van der Waals surface area contributed by atoms with Crippen LogP contribution >= 0.6 is 0 Å². The quantitative estimate of drug-likeness (QED) is 0.387. The summed E-state index contributed by atoms with van der Waals surface area (Å²) in [6.45, 7) is 6.67. The molecule has 0 amide bonds. The number of benzene rings is 2. The van der Waals surface area contributed by atoms with Crippen LogP contribution in [-0.2, 0) is 25.8 Å². The molecule has 0 bridgehead atoms. The van der Waals surface area contributed by atoms with Crippen molar-refractivity contribution in [3.8, 4) is 0 Å². The molecule has 0 fully saturated rings. The summed E-state index contributed by atoms with van der Waals surface area (Å²) in [7, 11) is 0. The Morgan fingerprint density at radius 2 is 1.63 bits per heavy atom. The van der Waals surface area contributed by atoms with Crippen molar-refractivity contribution in [2.24, 2.45) is 5.92 Å². The van der Waals surface area contributed by atoms with Crippen LogP contribution in [0.4, 0.5) is 17.6 Å². The van der Waals surface area contributed by atoms with Crippen molar-refractivity contribution >= 4 is 0 Å². The zero-order valence-electron chi connectivity index (χ0n) is 17.2. The summed E-state index contributed by atoms with van der Waals surface area (Å²) in [5.74, 6) is 0.162. The second kappa shape index (κ2) is 9.47. The lowest BCUT2D eigenvalue weighted by molar-refractivity contribution is -0.137.